The van der Waals surface area contributed by atoms with Crippen molar-refractivity contribution in [2.45, 2.75) is 56.2 Å². The van der Waals surface area contributed by atoms with Gasteiger partial charge in [-0.05, 0) is 68.3 Å². The molecule has 1 amide bonds. The molecule has 4 aliphatic carbocycles. The Morgan fingerprint density at radius 1 is 1.26 bits per heavy atom. The molecule has 168 valence electrons. The summed E-state index contributed by atoms with van der Waals surface area (Å²) in [6.45, 7) is 1.26. The SMILES string of the molecule is COc1cc(NC(=O)COC(=O)CC23CC4CC(CC(Br)(C4)C2)C3)c(C)cc1[N+](=O)[O-]. The zero-order valence-electron chi connectivity index (χ0n) is 17.7. The molecule has 0 aromatic heterocycles. The molecule has 0 spiro atoms. The molecule has 8 nitrogen and oxygen atoms in total. The van der Waals surface area contributed by atoms with E-state index in [4.69, 9.17) is 9.47 Å². The number of carbonyl (C=O) groups is 2. The number of nitro benzene ring substituents is 1. The van der Waals surface area contributed by atoms with E-state index in [1.807, 2.05) is 0 Å². The Labute approximate surface area is 189 Å². The van der Waals surface area contributed by atoms with Gasteiger partial charge in [-0.1, -0.05) is 15.9 Å². The quantitative estimate of drug-likeness (QED) is 0.258. The van der Waals surface area contributed by atoms with Gasteiger partial charge in [-0.2, -0.15) is 0 Å². The molecule has 1 aromatic rings. The van der Waals surface area contributed by atoms with E-state index in [0.29, 0.717) is 29.5 Å². The molecule has 0 saturated heterocycles. The number of nitro groups is 1. The van der Waals surface area contributed by atoms with Crippen molar-refractivity contribution in [3.63, 3.8) is 0 Å². The van der Waals surface area contributed by atoms with Crippen LogP contribution in [-0.2, 0) is 14.3 Å². The van der Waals surface area contributed by atoms with Crippen molar-refractivity contribution in [3.8, 4) is 5.75 Å². The van der Waals surface area contributed by atoms with Crippen molar-refractivity contribution >= 4 is 39.2 Å². The molecule has 2 atom stereocenters. The molecule has 0 heterocycles. The monoisotopic (exact) mass is 494 g/mol. The first-order valence-corrected chi connectivity index (χ1v) is 11.4. The van der Waals surface area contributed by atoms with E-state index in [0.717, 1.165) is 19.3 Å². The molecular formula is C22H27BrN2O6. The first-order chi connectivity index (χ1) is 14.6. The average molecular weight is 495 g/mol. The summed E-state index contributed by atoms with van der Waals surface area (Å²) in [5.74, 6) is 0.572. The lowest BCUT2D eigenvalue weighted by Crippen LogP contribution is -2.53. The van der Waals surface area contributed by atoms with Crippen molar-refractivity contribution in [2.24, 2.45) is 17.3 Å². The van der Waals surface area contributed by atoms with Gasteiger partial charge in [0, 0.05) is 22.1 Å². The van der Waals surface area contributed by atoms with Crippen molar-refractivity contribution in [1.29, 1.82) is 0 Å². The van der Waals surface area contributed by atoms with Gasteiger partial charge in [0.15, 0.2) is 12.4 Å². The summed E-state index contributed by atoms with van der Waals surface area (Å²) in [5.41, 5.74) is 0.711. The number of hydrogen-bond donors (Lipinski definition) is 1. The van der Waals surface area contributed by atoms with Crippen molar-refractivity contribution in [3.05, 3.63) is 27.8 Å². The van der Waals surface area contributed by atoms with Gasteiger partial charge in [-0.15, -0.1) is 0 Å². The zero-order chi connectivity index (χ0) is 22.4. The van der Waals surface area contributed by atoms with Crippen LogP contribution in [0.2, 0.25) is 0 Å². The second-order valence-electron chi connectivity index (χ2n) is 9.59. The summed E-state index contributed by atoms with van der Waals surface area (Å²) >= 11 is 3.95. The number of amides is 1. The number of hydrogen-bond acceptors (Lipinski definition) is 6. The van der Waals surface area contributed by atoms with Crippen LogP contribution >= 0.6 is 15.9 Å². The van der Waals surface area contributed by atoms with Crippen LogP contribution in [0.1, 0.15) is 50.5 Å². The number of carbonyl (C=O) groups excluding carboxylic acids is 2. The van der Waals surface area contributed by atoms with Gasteiger partial charge in [0.1, 0.15) is 0 Å². The number of ether oxygens (including phenoxy) is 2. The second kappa shape index (κ2) is 8.07. The summed E-state index contributed by atoms with van der Waals surface area (Å²) in [6, 6.07) is 2.74. The first kappa shape index (κ1) is 22.0. The molecule has 1 aromatic carbocycles. The third kappa shape index (κ3) is 4.56. The van der Waals surface area contributed by atoms with E-state index in [9.17, 15) is 19.7 Å². The number of methoxy groups -OCH3 is 1. The number of aryl methyl sites for hydroxylation is 1. The van der Waals surface area contributed by atoms with Crippen LogP contribution in [0.4, 0.5) is 11.4 Å². The molecule has 4 fully saturated rings. The van der Waals surface area contributed by atoms with Crippen LogP contribution in [0.15, 0.2) is 12.1 Å². The third-order valence-electron chi connectivity index (χ3n) is 6.99. The lowest BCUT2D eigenvalue weighted by molar-refractivity contribution is -0.385. The van der Waals surface area contributed by atoms with E-state index in [-0.39, 0.29) is 33.8 Å². The van der Waals surface area contributed by atoms with Gasteiger partial charge >= 0.3 is 11.7 Å². The number of benzene rings is 1. The second-order valence-corrected chi connectivity index (χ2v) is 11.3. The van der Waals surface area contributed by atoms with Crippen molar-refractivity contribution < 1.29 is 24.0 Å². The zero-order valence-corrected chi connectivity index (χ0v) is 19.3. The molecule has 5 rings (SSSR count). The van der Waals surface area contributed by atoms with Gasteiger partial charge in [0.25, 0.3) is 5.91 Å². The van der Waals surface area contributed by atoms with Crippen LogP contribution in [-0.4, -0.2) is 34.8 Å². The molecule has 4 bridgehead atoms. The summed E-state index contributed by atoms with van der Waals surface area (Å²) in [7, 11) is 1.33. The Balaban J connectivity index is 1.33. The van der Waals surface area contributed by atoms with Crippen molar-refractivity contribution in [2.75, 3.05) is 19.0 Å². The average Bonchev–Trinajstić information content (AvgIpc) is 2.65. The van der Waals surface area contributed by atoms with Gasteiger partial charge in [-0.3, -0.25) is 19.7 Å². The normalized spacial score (nSPS) is 30.7. The Morgan fingerprint density at radius 2 is 1.94 bits per heavy atom. The van der Waals surface area contributed by atoms with E-state index in [1.54, 1.807) is 6.92 Å². The standard InChI is InChI=1S/C22H27BrN2O6/c1-13-3-17(25(28)29)18(30-2)5-16(13)24-19(26)11-31-20(27)10-21-6-14-4-15(7-21)9-22(23,8-14)12-21/h3,5,14-15H,4,6-12H2,1-2H3,(H,24,26). The molecule has 4 saturated carbocycles. The number of esters is 1. The molecule has 0 radical (unpaired) electrons. The highest BCUT2D eigenvalue weighted by Gasteiger charge is 2.57. The van der Waals surface area contributed by atoms with Gasteiger partial charge in [0.05, 0.1) is 18.5 Å². The molecule has 0 aliphatic heterocycles. The lowest BCUT2D eigenvalue weighted by Gasteiger charge is -2.60. The third-order valence-corrected chi connectivity index (χ3v) is 7.92. The minimum atomic E-state index is -0.541. The van der Waals surface area contributed by atoms with E-state index in [1.165, 1.54) is 38.5 Å². The fourth-order valence-electron chi connectivity index (χ4n) is 6.35. The fraction of sp³-hybridized carbons (Fsp3) is 0.636. The topological polar surface area (TPSA) is 108 Å². The Bertz CT molecular complexity index is 919. The van der Waals surface area contributed by atoms with E-state index in [2.05, 4.69) is 21.2 Å². The molecule has 4 aliphatic rings. The predicted molar refractivity (Wildman–Crippen MR) is 117 cm³/mol. The maximum Gasteiger partial charge on any atom is 0.311 e. The van der Waals surface area contributed by atoms with Gasteiger partial charge in [-0.25, -0.2) is 0 Å². The number of nitrogens with one attached hydrogen (secondary N) is 1. The summed E-state index contributed by atoms with van der Waals surface area (Å²) < 4.78 is 10.5. The number of rotatable bonds is 7. The van der Waals surface area contributed by atoms with Crippen LogP contribution in [0, 0.1) is 34.3 Å². The van der Waals surface area contributed by atoms with Crippen LogP contribution in [0.3, 0.4) is 0 Å². The number of nitrogens with zero attached hydrogens (tertiary/aromatic N) is 1. The van der Waals surface area contributed by atoms with Crippen molar-refractivity contribution in [1.82, 2.24) is 0 Å². The molecule has 31 heavy (non-hydrogen) atoms. The van der Waals surface area contributed by atoms with E-state index < -0.39 is 10.8 Å². The highest BCUT2D eigenvalue weighted by Crippen LogP contribution is 2.65. The molecule has 2 unspecified atom stereocenters. The first-order valence-electron chi connectivity index (χ1n) is 10.6. The minimum absolute atomic E-state index is 0.0105. The summed E-state index contributed by atoms with van der Waals surface area (Å²) in [4.78, 5) is 35.5. The smallest absolute Gasteiger partial charge is 0.311 e. The molecule has 9 heteroatoms. The Hall–Kier alpha value is -2.16. The summed E-state index contributed by atoms with van der Waals surface area (Å²) in [5, 5.41) is 13.7. The Morgan fingerprint density at radius 3 is 2.52 bits per heavy atom. The molecule has 1 N–H and O–H groups in total. The molecular weight excluding hydrogens is 468 g/mol. The van der Waals surface area contributed by atoms with Gasteiger partial charge in [0.2, 0.25) is 0 Å². The predicted octanol–water partition coefficient (Wildman–Crippen LogP) is 4.52. The van der Waals surface area contributed by atoms with Crippen LogP contribution in [0.25, 0.3) is 0 Å². The maximum atomic E-state index is 12.6. The summed E-state index contributed by atoms with van der Waals surface area (Å²) in [6.07, 6.45) is 7.15. The lowest BCUT2D eigenvalue weighted by atomic mass is 9.49. The highest BCUT2D eigenvalue weighted by atomic mass is 79.9. The fourth-order valence-corrected chi connectivity index (χ4v) is 7.86. The van der Waals surface area contributed by atoms with Gasteiger partial charge < -0.3 is 14.8 Å². The highest BCUT2D eigenvalue weighted by molar-refractivity contribution is 9.10. The maximum absolute atomic E-state index is 12.6. The number of anilines is 1. The van der Waals surface area contributed by atoms with Crippen LogP contribution in [0.5, 0.6) is 5.75 Å². The Kier molecular flexibility index (Phi) is 5.74. The largest absolute Gasteiger partial charge is 0.490 e. The number of halogens is 1. The minimum Gasteiger partial charge on any atom is -0.490 e. The van der Waals surface area contributed by atoms with E-state index >= 15 is 0 Å². The van der Waals surface area contributed by atoms with Crippen LogP contribution < -0.4 is 10.1 Å². The number of alkyl halides is 1.